The fraction of sp³-hybridized carbons (Fsp3) is 0.300. The van der Waals surface area contributed by atoms with Gasteiger partial charge in [-0.3, -0.25) is 9.59 Å². The van der Waals surface area contributed by atoms with Gasteiger partial charge in [0.25, 0.3) is 0 Å². The molecule has 1 heterocycles. The summed E-state index contributed by atoms with van der Waals surface area (Å²) in [6, 6.07) is 12.4. The van der Waals surface area contributed by atoms with E-state index in [1.807, 2.05) is 30.3 Å². The number of ketones is 1. The molecule has 2 aromatic carbocycles. The molecule has 0 radical (unpaired) electrons. The van der Waals surface area contributed by atoms with E-state index >= 15 is 0 Å². The van der Waals surface area contributed by atoms with Crippen molar-refractivity contribution in [2.24, 2.45) is 5.73 Å². The Hall–Kier alpha value is -2.31. The highest BCUT2D eigenvalue weighted by atomic mass is 35.5. The molecule has 27 heavy (non-hydrogen) atoms. The van der Waals surface area contributed by atoms with Gasteiger partial charge >= 0.3 is 0 Å². The van der Waals surface area contributed by atoms with Crippen molar-refractivity contribution in [2.75, 3.05) is 13.1 Å². The third-order valence-electron chi connectivity index (χ3n) is 4.74. The van der Waals surface area contributed by atoms with Crippen LogP contribution in [0.1, 0.15) is 34.7 Å². The Labute approximate surface area is 162 Å². The molecular weight excluding hydrogens is 374 g/mol. The zero-order valence-corrected chi connectivity index (χ0v) is 15.4. The maximum atomic E-state index is 13.6. The molecule has 2 aromatic rings. The summed E-state index contributed by atoms with van der Waals surface area (Å²) in [5.74, 6) is -2.29. The van der Waals surface area contributed by atoms with Crippen LogP contribution >= 0.6 is 12.4 Å². The van der Waals surface area contributed by atoms with Gasteiger partial charge in [0.2, 0.25) is 5.91 Å². The molecule has 2 N–H and O–H groups in total. The van der Waals surface area contributed by atoms with Crippen LogP contribution in [-0.4, -0.2) is 35.7 Å². The molecule has 1 amide bonds. The fourth-order valence-corrected chi connectivity index (χ4v) is 3.31. The lowest BCUT2D eigenvalue weighted by Gasteiger charge is -2.16. The minimum atomic E-state index is -0.908. The number of Topliss-reactive ketones (excluding diaryl/α,β-unsaturated/α-hetero) is 1. The first-order valence-electron chi connectivity index (χ1n) is 8.52. The van der Waals surface area contributed by atoms with E-state index < -0.39 is 17.4 Å². The van der Waals surface area contributed by atoms with Crippen LogP contribution in [0.15, 0.2) is 48.5 Å². The highest BCUT2D eigenvalue weighted by Crippen LogP contribution is 2.27. The Morgan fingerprint density at radius 3 is 2.41 bits per heavy atom. The number of halogens is 3. The monoisotopic (exact) mass is 394 g/mol. The number of benzene rings is 2. The lowest BCUT2D eigenvalue weighted by molar-refractivity contribution is -0.130. The van der Waals surface area contributed by atoms with Crippen LogP contribution in [0.4, 0.5) is 8.78 Å². The Kier molecular flexibility index (Phi) is 7.05. The molecule has 1 aliphatic rings. The van der Waals surface area contributed by atoms with E-state index in [0.29, 0.717) is 19.2 Å². The Morgan fingerprint density at radius 1 is 1.04 bits per heavy atom. The van der Waals surface area contributed by atoms with Crippen molar-refractivity contribution in [3.63, 3.8) is 0 Å². The molecular formula is C20H21ClF2N2O2. The van der Waals surface area contributed by atoms with Gasteiger partial charge in [-0.1, -0.05) is 30.3 Å². The SMILES string of the molecule is Cl.N[C@@H]1CN(C(=O)CCC(=O)c2ccc(F)cc2F)C[C@H]1c1ccccc1. The molecule has 0 unspecified atom stereocenters. The fourth-order valence-electron chi connectivity index (χ4n) is 3.31. The average molecular weight is 395 g/mol. The first kappa shape index (κ1) is 21.0. The van der Waals surface area contributed by atoms with Crippen molar-refractivity contribution >= 4 is 24.1 Å². The van der Waals surface area contributed by atoms with Crippen LogP contribution in [0.2, 0.25) is 0 Å². The van der Waals surface area contributed by atoms with Gasteiger partial charge in [0, 0.05) is 44.0 Å². The van der Waals surface area contributed by atoms with Crippen molar-refractivity contribution in [2.45, 2.75) is 24.8 Å². The summed E-state index contributed by atoms with van der Waals surface area (Å²) in [6.45, 7) is 0.931. The molecule has 3 rings (SSSR count). The van der Waals surface area contributed by atoms with E-state index in [1.54, 1.807) is 4.90 Å². The number of hydrogen-bond donors (Lipinski definition) is 1. The molecule has 0 saturated carbocycles. The van der Waals surface area contributed by atoms with Crippen LogP contribution in [0.5, 0.6) is 0 Å². The van der Waals surface area contributed by atoms with Gasteiger partial charge in [0.1, 0.15) is 11.6 Å². The molecule has 0 spiro atoms. The summed E-state index contributed by atoms with van der Waals surface area (Å²) < 4.78 is 26.6. The van der Waals surface area contributed by atoms with Gasteiger partial charge in [-0.15, -0.1) is 12.4 Å². The summed E-state index contributed by atoms with van der Waals surface area (Å²) in [6.07, 6.45) is -0.146. The van der Waals surface area contributed by atoms with Gasteiger partial charge in [0.15, 0.2) is 5.78 Å². The summed E-state index contributed by atoms with van der Waals surface area (Å²) >= 11 is 0. The summed E-state index contributed by atoms with van der Waals surface area (Å²) in [5.41, 5.74) is 7.06. The molecule has 4 nitrogen and oxygen atoms in total. The van der Waals surface area contributed by atoms with E-state index in [1.165, 1.54) is 0 Å². The molecule has 2 atom stereocenters. The van der Waals surface area contributed by atoms with Crippen molar-refractivity contribution in [3.8, 4) is 0 Å². The Bertz CT molecular complexity index is 817. The molecule has 1 saturated heterocycles. The van der Waals surface area contributed by atoms with Gasteiger partial charge in [0.05, 0.1) is 5.56 Å². The van der Waals surface area contributed by atoms with E-state index in [4.69, 9.17) is 5.73 Å². The standard InChI is InChI=1S/C20H20F2N2O2.ClH/c21-14-6-7-15(17(22)10-14)19(25)8-9-20(26)24-11-16(18(23)12-24)13-4-2-1-3-5-13;/h1-7,10,16,18H,8-9,11-12,23H2;1H/t16-,18+;/m0./s1. The molecule has 0 bridgehead atoms. The smallest absolute Gasteiger partial charge is 0.223 e. The zero-order valence-electron chi connectivity index (χ0n) is 14.6. The lowest BCUT2D eigenvalue weighted by Crippen LogP contribution is -2.32. The van der Waals surface area contributed by atoms with Gasteiger partial charge in [-0.05, 0) is 17.7 Å². The number of carbonyl (C=O) groups excluding carboxylic acids is 2. The van der Waals surface area contributed by atoms with Gasteiger partial charge in [-0.25, -0.2) is 8.78 Å². The minimum absolute atomic E-state index is 0. The second-order valence-corrected chi connectivity index (χ2v) is 6.53. The molecule has 1 aliphatic heterocycles. The number of hydrogen-bond acceptors (Lipinski definition) is 3. The van der Waals surface area contributed by atoms with E-state index in [9.17, 15) is 18.4 Å². The van der Waals surface area contributed by atoms with E-state index in [-0.39, 0.29) is 48.7 Å². The van der Waals surface area contributed by atoms with Crippen LogP contribution in [0, 0.1) is 11.6 Å². The van der Waals surface area contributed by atoms with Gasteiger partial charge in [-0.2, -0.15) is 0 Å². The second kappa shape index (κ2) is 9.06. The normalized spacial score (nSPS) is 18.9. The van der Waals surface area contributed by atoms with Crippen molar-refractivity contribution in [1.29, 1.82) is 0 Å². The number of rotatable bonds is 5. The van der Waals surface area contributed by atoms with Crippen molar-refractivity contribution in [3.05, 3.63) is 71.3 Å². The number of likely N-dealkylation sites (tertiary alicyclic amines) is 1. The zero-order chi connectivity index (χ0) is 18.7. The molecule has 0 aromatic heterocycles. The number of amides is 1. The second-order valence-electron chi connectivity index (χ2n) is 6.53. The number of carbonyl (C=O) groups is 2. The average Bonchev–Trinajstić information content (AvgIpc) is 3.02. The van der Waals surface area contributed by atoms with Crippen LogP contribution < -0.4 is 5.73 Å². The topological polar surface area (TPSA) is 63.4 Å². The largest absolute Gasteiger partial charge is 0.340 e. The minimum Gasteiger partial charge on any atom is -0.340 e. The predicted octanol–water partition coefficient (Wildman–Crippen LogP) is 3.30. The van der Waals surface area contributed by atoms with Crippen LogP contribution in [-0.2, 0) is 4.79 Å². The third-order valence-corrected chi connectivity index (χ3v) is 4.74. The first-order chi connectivity index (χ1) is 12.5. The summed E-state index contributed by atoms with van der Waals surface area (Å²) in [5, 5.41) is 0. The quantitative estimate of drug-likeness (QED) is 0.791. The van der Waals surface area contributed by atoms with E-state index in [2.05, 4.69) is 0 Å². The van der Waals surface area contributed by atoms with Crippen molar-refractivity contribution < 1.29 is 18.4 Å². The molecule has 1 fully saturated rings. The van der Waals surface area contributed by atoms with Gasteiger partial charge < -0.3 is 10.6 Å². The number of nitrogens with two attached hydrogens (primary N) is 1. The maximum Gasteiger partial charge on any atom is 0.223 e. The maximum absolute atomic E-state index is 13.6. The molecule has 144 valence electrons. The van der Waals surface area contributed by atoms with Crippen molar-refractivity contribution in [1.82, 2.24) is 4.90 Å². The van der Waals surface area contributed by atoms with E-state index in [0.717, 1.165) is 17.7 Å². The summed E-state index contributed by atoms with van der Waals surface area (Å²) in [7, 11) is 0. The molecule has 7 heteroatoms. The Morgan fingerprint density at radius 2 is 1.74 bits per heavy atom. The van der Waals surface area contributed by atoms with Crippen LogP contribution in [0.25, 0.3) is 0 Å². The highest BCUT2D eigenvalue weighted by Gasteiger charge is 2.33. The first-order valence-corrected chi connectivity index (χ1v) is 8.52. The predicted molar refractivity (Wildman–Crippen MR) is 101 cm³/mol. The lowest BCUT2D eigenvalue weighted by atomic mass is 9.95. The molecule has 0 aliphatic carbocycles. The van der Waals surface area contributed by atoms with Crippen LogP contribution in [0.3, 0.4) is 0 Å². The third kappa shape index (κ3) is 4.90. The summed E-state index contributed by atoms with van der Waals surface area (Å²) in [4.78, 5) is 26.1. The number of nitrogens with zero attached hydrogens (tertiary/aromatic N) is 1. The Balaban J connectivity index is 0.00000261. The highest BCUT2D eigenvalue weighted by molar-refractivity contribution is 5.98.